The predicted octanol–water partition coefficient (Wildman–Crippen LogP) is 3.36. The molecule has 0 spiro atoms. The van der Waals surface area contributed by atoms with Gasteiger partial charge in [-0.3, -0.25) is 9.18 Å². The van der Waals surface area contributed by atoms with E-state index in [1.54, 1.807) is 32.9 Å². The molecule has 0 radical (unpaired) electrons. The number of allylic oxidation sites excluding steroid dienone is 2. The molecule has 0 aromatic heterocycles. The van der Waals surface area contributed by atoms with E-state index in [-0.39, 0.29) is 220 Å². The van der Waals surface area contributed by atoms with Crippen molar-refractivity contribution in [1.82, 2.24) is 0 Å². The first-order valence-corrected chi connectivity index (χ1v) is 27.0. The maximum Gasteiger partial charge on any atom is 1.00 e. The first-order chi connectivity index (χ1) is 42.4. The van der Waals surface area contributed by atoms with Gasteiger partial charge in [0.05, 0.1) is 33.4 Å². The summed E-state index contributed by atoms with van der Waals surface area (Å²) in [5, 5.41) is 44.3. The van der Waals surface area contributed by atoms with Gasteiger partial charge in [0.2, 0.25) is 0 Å². The molecule has 2 aliphatic rings. The van der Waals surface area contributed by atoms with Gasteiger partial charge in [-0.1, -0.05) is 44.0 Å². The normalized spacial score (nSPS) is 11.4. The number of hydrogen-bond donors (Lipinski definition) is 4. The second kappa shape index (κ2) is 49.8. The number of hydrogen-bond acceptors (Lipinski definition) is 16. The van der Waals surface area contributed by atoms with Gasteiger partial charge in [0.15, 0.2) is 17.4 Å². The van der Waals surface area contributed by atoms with Crippen molar-refractivity contribution in [1.29, 1.82) is 0 Å². The van der Waals surface area contributed by atoms with E-state index in [2.05, 4.69) is 42.5 Å². The van der Waals surface area contributed by atoms with Crippen LogP contribution in [0.4, 0.5) is 26.3 Å². The maximum atomic E-state index is 13.8. The van der Waals surface area contributed by atoms with Gasteiger partial charge in [0.1, 0.15) is 100.0 Å². The molecule has 4 N–H and O–H groups in total. The van der Waals surface area contributed by atoms with E-state index in [1.807, 2.05) is 41.5 Å². The third kappa shape index (κ3) is 36.1. The average molecular weight is 1410 g/mol. The second-order valence-corrected chi connectivity index (χ2v) is 21.2. The van der Waals surface area contributed by atoms with Crippen molar-refractivity contribution >= 4 is 59.3 Å². The SMILES string of the molecule is C=C(C)CCl.C=C(C)COC(=O)c1c(F)ccc(O)c1CC(=C)C.C=C(C)COC(=O)c1cc(OCC(=C)C)ccc1F.CC1(C)Cc2c(ccc(F)c2CO)O1.COC(=O)c1c(F)ccc2c1CC(C)(C)O2.O=C(O)c1cc(O)ccc1F.O=CO[O-].[2H]CF.[AlH3].[H-].[H-].[K+].[K+].[Li+]. The number of aromatic hydroxyl groups is 2. The Bertz CT molecular complexity index is 3390. The van der Waals surface area contributed by atoms with Crippen LogP contribution in [0, 0.1) is 29.1 Å². The van der Waals surface area contributed by atoms with Crippen LogP contribution >= 0.6 is 11.6 Å². The number of carboxylic acids is 1. The molecule has 0 bridgehead atoms. The molecular weight excluding hydrogens is 1330 g/mol. The van der Waals surface area contributed by atoms with E-state index in [0.717, 1.165) is 41.0 Å². The summed E-state index contributed by atoms with van der Waals surface area (Å²) in [5.41, 5.74) is 4.22. The maximum absolute atomic E-state index is 13.8. The van der Waals surface area contributed by atoms with Gasteiger partial charge in [-0.25, -0.2) is 41.1 Å². The average Bonchev–Trinajstić information content (AvgIpc) is 1.68. The van der Waals surface area contributed by atoms with Gasteiger partial charge >= 0.3 is 146 Å². The van der Waals surface area contributed by atoms with E-state index in [0.29, 0.717) is 70.4 Å². The molecule has 0 atom stereocenters. The Morgan fingerprint density at radius 2 is 1.09 bits per heavy atom. The van der Waals surface area contributed by atoms with Crippen LogP contribution in [0.5, 0.6) is 28.7 Å². The Hall–Kier alpha value is -4.66. The molecule has 2 aliphatic heterocycles. The molecule has 0 saturated heterocycles. The molecule has 2 heterocycles. The first-order valence-electron chi connectivity index (χ1n) is 27.2. The van der Waals surface area contributed by atoms with Gasteiger partial charge in [0.25, 0.3) is 6.47 Å². The first kappa shape index (κ1) is 95.7. The Morgan fingerprint density at radius 3 is 1.52 bits per heavy atom. The molecule has 0 amide bonds. The standard InChI is InChI=1S/2C15H17FO3.C12H13FO3.C11H13FO2.C7H5FO3.C4H7Cl.CH3F.CH2O3.Al.2K.Li.5H/c1-10(2)8-18-12-5-6-14(16)13(7-12)15(17)19-9-11(3)4;1-9(2)7-11-13(17)6-5-12(16)14(11)15(18)19-8-10(3)4;1-12(2)6-7-9(16-12)5-4-8(13)10(7)11(14)15-3;1-11(2)5-7-8(6-13)9(12)3-4-10(7)14-11;8-6-2-1-4(9)3-5(6)7(10)11;1-4(2)3-5;1-2;2-1-4-3;;;;;;;;;/h5-7H,1,3,8-9H2,2,4H3;5-6,17H,1,3,7-8H2,2,4H3;4-5H,6H2,1-3H3;3-4,13H,5-6H2,1-2H3;1-3,9H,(H,10,11);1,3H2,2H3;1H3;1,3H;;;;;;;;;/q;;;;;;;;;3*+1;;;;2*-1/p-1/i;;;;;;1D;;;;;;;;;;. The molecule has 17 nitrogen and oxygen atoms in total. The number of benzene rings is 5. The zero-order valence-corrected chi connectivity index (χ0v) is 61.6. The summed E-state index contributed by atoms with van der Waals surface area (Å²) in [7, 11) is 0.238. The molecule has 94 heavy (non-hydrogen) atoms. The molecule has 0 aliphatic carbocycles. The van der Waals surface area contributed by atoms with E-state index in [4.69, 9.17) is 62.0 Å². The number of fused-ring (bicyclic) bond motifs is 2. The van der Waals surface area contributed by atoms with Crippen LogP contribution in [0.1, 0.15) is 130 Å². The quantitative estimate of drug-likeness (QED) is 0.0127. The van der Waals surface area contributed by atoms with E-state index >= 15 is 0 Å². The van der Waals surface area contributed by atoms with E-state index < -0.39 is 65.5 Å². The number of carboxylic acid groups (broad SMARTS) is 1. The number of esters is 3. The topological polar surface area (TPSA) is 254 Å². The van der Waals surface area contributed by atoms with Crippen LogP contribution in [0.15, 0.2) is 134 Å². The summed E-state index contributed by atoms with van der Waals surface area (Å²) in [6.45, 7) is 34.6. The van der Waals surface area contributed by atoms with Gasteiger partial charge in [-0.2, -0.15) is 0 Å². The molecule has 0 unspecified atom stereocenters. The zero-order chi connectivity index (χ0) is 70.1. The van der Waals surface area contributed by atoms with Crippen LogP contribution in [0.2, 0.25) is 0 Å². The fraction of sp³-hybridized carbons (Fsp3) is 0.318. The number of aliphatic hydroxyl groups is 1. The monoisotopic (exact) mass is 1410 g/mol. The van der Waals surface area contributed by atoms with Crippen molar-refractivity contribution in [2.24, 2.45) is 0 Å². The van der Waals surface area contributed by atoms with E-state index in [1.165, 1.54) is 43.5 Å². The minimum atomic E-state index is -1.39. The van der Waals surface area contributed by atoms with Crippen LogP contribution in [-0.2, 0) is 49.8 Å². The predicted molar refractivity (Wildman–Crippen MR) is 337 cm³/mol. The number of phenols is 2. The molecule has 28 heteroatoms. The number of aromatic carboxylic acids is 1. The third-order valence-electron chi connectivity index (χ3n) is 11.0. The Labute approximate surface area is 662 Å². The number of carbonyl (C=O) groups is 5. The van der Waals surface area contributed by atoms with Crippen molar-refractivity contribution in [3.63, 3.8) is 0 Å². The number of ether oxygens (including phenoxy) is 6. The number of phenolic OH excluding ortho intramolecular Hbond substituents is 2. The van der Waals surface area contributed by atoms with Gasteiger partial charge < -0.3 is 61.8 Å². The van der Waals surface area contributed by atoms with Crippen LogP contribution in [-0.4, -0.2) is 119 Å². The summed E-state index contributed by atoms with van der Waals surface area (Å²) in [6, 6.07) is 14.8. The fourth-order valence-corrected chi connectivity index (χ4v) is 7.29. The van der Waals surface area contributed by atoms with Crippen molar-refractivity contribution in [2.75, 3.05) is 40.0 Å². The van der Waals surface area contributed by atoms with Gasteiger partial charge in [-0.05, 0) is 158 Å². The summed E-state index contributed by atoms with van der Waals surface area (Å²) in [5.74, 6) is -4.90. The largest absolute Gasteiger partial charge is 1.00 e. The Kier molecular flexibility index (Phi) is 50.7. The minimum absolute atomic E-state index is 0. The second-order valence-electron chi connectivity index (χ2n) is 20.9. The number of alkyl halides is 2. The number of methoxy groups -OCH3 is 1. The summed E-state index contributed by atoms with van der Waals surface area (Å²) < 4.78 is 113. The Balaban J connectivity index is -0.000000198. The van der Waals surface area contributed by atoms with Gasteiger partial charge in [-0.15, -0.1) is 11.6 Å². The van der Waals surface area contributed by atoms with Crippen LogP contribution in [0.3, 0.4) is 0 Å². The van der Waals surface area contributed by atoms with Crippen LogP contribution < -0.4 is 141 Å². The number of carbonyl (C=O) groups excluding carboxylic acids is 4. The summed E-state index contributed by atoms with van der Waals surface area (Å²) in [6.07, 6.45) is 1.36. The molecule has 5 aromatic carbocycles. The molecule has 5 aromatic rings. The number of halogens is 7. The van der Waals surface area contributed by atoms with Gasteiger partial charge in [0, 0.05) is 41.0 Å². The molecule has 0 fully saturated rings. The fourth-order valence-electron chi connectivity index (χ4n) is 7.29. The Morgan fingerprint density at radius 1 is 0.660 bits per heavy atom. The smallest absolute Gasteiger partial charge is 1.00 e. The van der Waals surface area contributed by atoms with Crippen molar-refractivity contribution in [3.05, 3.63) is 207 Å². The van der Waals surface area contributed by atoms with Crippen molar-refractivity contribution < 1.29 is 235 Å². The van der Waals surface area contributed by atoms with Crippen molar-refractivity contribution in [3.8, 4) is 28.7 Å². The van der Waals surface area contributed by atoms with Crippen molar-refractivity contribution in [2.45, 2.75) is 99.4 Å². The molecule has 502 valence electrons. The molecular formula is C66H81AlClF6K2LiO17. The van der Waals surface area contributed by atoms with E-state index in [9.17, 15) is 50.6 Å². The summed E-state index contributed by atoms with van der Waals surface area (Å²) in [4.78, 5) is 56.5. The number of rotatable bonds is 16. The number of aliphatic hydroxyl groups excluding tert-OH is 1. The zero-order valence-electron chi connectivity index (χ0n) is 57.6. The molecule has 7 rings (SSSR count). The third-order valence-corrected chi connectivity index (χ3v) is 11.4. The summed E-state index contributed by atoms with van der Waals surface area (Å²) >= 11 is 5.24. The van der Waals surface area contributed by atoms with Crippen LogP contribution in [0.25, 0.3) is 0 Å². The minimum Gasteiger partial charge on any atom is -1.00 e. The molecule has 0 saturated carbocycles.